The highest BCUT2D eigenvalue weighted by atomic mass is 35.5. The van der Waals surface area contributed by atoms with Crippen LogP contribution in [0.4, 0.5) is 0 Å². The van der Waals surface area contributed by atoms with Gasteiger partial charge in [-0.15, -0.1) is 0 Å². The Kier molecular flexibility index (Phi) is 9.94. The number of ether oxygens (including phenoxy) is 1. The van der Waals surface area contributed by atoms with Crippen molar-refractivity contribution in [1.29, 1.82) is 0 Å². The second-order valence-electron chi connectivity index (χ2n) is 7.24. The number of nitrogens with one attached hydrogen (secondary N) is 1. The summed E-state index contributed by atoms with van der Waals surface area (Å²) in [7, 11) is 1.63. The number of hydrogen-bond acceptors (Lipinski definition) is 5. The van der Waals surface area contributed by atoms with E-state index in [2.05, 4.69) is 0 Å². The topological polar surface area (TPSA) is 99.1 Å². The van der Waals surface area contributed by atoms with Gasteiger partial charge >= 0.3 is 0 Å². The molecule has 3 N–H and O–H groups in total. The monoisotopic (exact) mass is 448 g/mol. The molecule has 7 nitrogen and oxygen atoms in total. The Hall–Kier alpha value is -2.45. The fraction of sp³-hybridized carbons (Fsp3) is 0.391. The lowest BCUT2D eigenvalue weighted by atomic mass is 9.85. The van der Waals surface area contributed by atoms with Crippen molar-refractivity contribution < 1.29 is 24.6 Å². The van der Waals surface area contributed by atoms with E-state index in [1.807, 2.05) is 43.3 Å². The largest absolute Gasteiger partial charge is 0.395 e. The molecule has 0 radical (unpaired) electrons. The maximum absolute atomic E-state index is 12.5. The lowest BCUT2D eigenvalue weighted by Gasteiger charge is -2.27. The molecule has 0 aromatic heterocycles. The molecule has 2 rings (SSSR count). The van der Waals surface area contributed by atoms with Gasteiger partial charge < -0.3 is 14.7 Å². The number of likely N-dealkylation sites (N-methyl/N-ethyl adjacent to an activating group) is 1. The molecule has 2 atom stereocenters. The third kappa shape index (κ3) is 7.33. The summed E-state index contributed by atoms with van der Waals surface area (Å²) >= 11 is 6.00. The first-order valence-corrected chi connectivity index (χ1v) is 10.5. The quantitative estimate of drug-likeness (QED) is 0.362. The Bertz CT molecular complexity index is 842. The van der Waals surface area contributed by atoms with Gasteiger partial charge in [0, 0.05) is 36.7 Å². The Balaban J connectivity index is 2.34. The molecule has 0 saturated heterocycles. The lowest BCUT2D eigenvalue weighted by molar-refractivity contribution is -0.132. The maximum atomic E-state index is 12.5. The first-order valence-electron chi connectivity index (χ1n) is 10.1. The number of hydroxylamine groups is 1. The van der Waals surface area contributed by atoms with Crippen LogP contribution in [0.1, 0.15) is 40.7 Å². The zero-order valence-corrected chi connectivity index (χ0v) is 18.5. The third-order valence-electron chi connectivity index (χ3n) is 5.08. The van der Waals surface area contributed by atoms with Crippen molar-refractivity contribution in [3.8, 4) is 0 Å². The normalized spacial score (nSPS) is 12.8. The zero-order chi connectivity index (χ0) is 22.8. The predicted octanol–water partition coefficient (Wildman–Crippen LogP) is 3.03. The van der Waals surface area contributed by atoms with E-state index in [1.54, 1.807) is 24.7 Å². The van der Waals surface area contributed by atoms with Crippen LogP contribution in [0.5, 0.6) is 0 Å². The molecule has 0 aliphatic heterocycles. The number of carbonyl (C=O) groups excluding carboxylic acids is 2. The van der Waals surface area contributed by atoms with E-state index in [0.717, 1.165) is 11.1 Å². The Labute approximate surface area is 187 Å². The van der Waals surface area contributed by atoms with Crippen LogP contribution in [-0.2, 0) is 16.0 Å². The first kappa shape index (κ1) is 24.8. The Morgan fingerprint density at radius 3 is 2.32 bits per heavy atom. The van der Waals surface area contributed by atoms with Gasteiger partial charge in [-0.25, -0.2) is 5.48 Å². The van der Waals surface area contributed by atoms with Crippen LogP contribution in [0.2, 0.25) is 5.02 Å². The molecule has 8 heteroatoms. The minimum atomic E-state index is -0.531. The fourth-order valence-electron chi connectivity index (χ4n) is 3.44. The van der Waals surface area contributed by atoms with Gasteiger partial charge in [0.2, 0.25) is 5.91 Å². The van der Waals surface area contributed by atoms with Crippen LogP contribution < -0.4 is 5.48 Å². The van der Waals surface area contributed by atoms with Crippen LogP contribution in [0.15, 0.2) is 48.5 Å². The summed E-state index contributed by atoms with van der Waals surface area (Å²) in [6.45, 7) is 2.40. The van der Waals surface area contributed by atoms with Gasteiger partial charge in [0.15, 0.2) is 0 Å². The van der Waals surface area contributed by atoms with Crippen LogP contribution in [0.3, 0.4) is 0 Å². The number of aliphatic hydroxyl groups is 1. The summed E-state index contributed by atoms with van der Waals surface area (Å²) < 4.78 is 5.87. The first-order chi connectivity index (χ1) is 14.9. The van der Waals surface area contributed by atoms with Crippen LogP contribution in [0, 0.1) is 0 Å². The number of rotatable bonds is 11. The molecule has 2 aromatic rings. The molecule has 0 aliphatic rings. The molecule has 1 unspecified atom stereocenters. The van der Waals surface area contributed by atoms with Crippen molar-refractivity contribution in [2.24, 2.45) is 0 Å². The van der Waals surface area contributed by atoms with E-state index in [1.165, 1.54) is 4.90 Å². The summed E-state index contributed by atoms with van der Waals surface area (Å²) in [6.07, 6.45) is 0.0901. The smallest absolute Gasteiger partial charge is 0.253 e. The van der Waals surface area contributed by atoms with Gasteiger partial charge in [0.1, 0.15) is 0 Å². The van der Waals surface area contributed by atoms with Gasteiger partial charge in [-0.05, 0) is 48.7 Å². The SMILES string of the molecule is CCO[C@H](CC(=O)NO)C(Cc1ccc(Cl)cc1)c1ccc(C(=O)N(C)CCO)cc1. The summed E-state index contributed by atoms with van der Waals surface area (Å²) in [5.74, 6) is -0.911. The van der Waals surface area contributed by atoms with Gasteiger partial charge in [-0.1, -0.05) is 35.9 Å². The molecule has 0 aliphatic carbocycles. The maximum Gasteiger partial charge on any atom is 0.253 e. The Morgan fingerprint density at radius 1 is 1.13 bits per heavy atom. The van der Waals surface area contributed by atoms with Crippen LogP contribution in [-0.4, -0.2) is 59.9 Å². The van der Waals surface area contributed by atoms with E-state index in [-0.39, 0.29) is 31.4 Å². The molecule has 168 valence electrons. The molecular weight excluding hydrogens is 420 g/mol. The molecule has 2 aromatic carbocycles. The van der Waals surface area contributed by atoms with E-state index < -0.39 is 12.0 Å². The molecule has 0 saturated carbocycles. The standard InChI is InChI=1S/C23H29ClN2O5/c1-3-31-21(15-22(28)25-30)20(14-16-4-10-19(24)11-5-16)17-6-8-18(9-7-17)23(29)26(2)12-13-27/h4-11,20-21,27,30H,3,12-15H2,1-2H3,(H,25,28)/t20?,21-/m1/s1. The van der Waals surface area contributed by atoms with Gasteiger partial charge in [0.25, 0.3) is 5.91 Å². The third-order valence-corrected chi connectivity index (χ3v) is 5.33. The zero-order valence-electron chi connectivity index (χ0n) is 17.8. The van der Waals surface area contributed by atoms with E-state index in [0.29, 0.717) is 23.6 Å². The number of benzene rings is 2. The number of hydrogen-bond donors (Lipinski definition) is 3. The number of nitrogens with zero attached hydrogens (tertiary/aromatic N) is 1. The average Bonchev–Trinajstić information content (AvgIpc) is 2.78. The summed E-state index contributed by atoms with van der Waals surface area (Å²) in [6, 6.07) is 14.6. The highest BCUT2D eigenvalue weighted by Crippen LogP contribution is 2.29. The molecule has 0 heterocycles. The summed E-state index contributed by atoms with van der Waals surface area (Å²) in [4.78, 5) is 25.8. The van der Waals surface area contributed by atoms with Gasteiger partial charge in [-0.3, -0.25) is 14.8 Å². The second-order valence-corrected chi connectivity index (χ2v) is 7.68. The lowest BCUT2D eigenvalue weighted by Crippen LogP contribution is -2.32. The number of aliphatic hydroxyl groups excluding tert-OH is 1. The van der Waals surface area contributed by atoms with Crippen molar-refractivity contribution in [1.82, 2.24) is 10.4 Å². The molecule has 31 heavy (non-hydrogen) atoms. The van der Waals surface area contributed by atoms with E-state index >= 15 is 0 Å². The summed E-state index contributed by atoms with van der Waals surface area (Å²) in [5, 5.41) is 18.7. The average molecular weight is 449 g/mol. The minimum absolute atomic E-state index is 0.0114. The molecular formula is C23H29ClN2O5. The van der Waals surface area contributed by atoms with E-state index in [9.17, 15) is 9.59 Å². The van der Waals surface area contributed by atoms with Gasteiger partial charge in [-0.2, -0.15) is 0 Å². The molecule has 0 spiro atoms. The second kappa shape index (κ2) is 12.4. The predicted molar refractivity (Wildman–Crippen MR) is 118 cm³/mol. The minimum Gasteiger partial charge on any atom is -0.395 e. The van der Waals surface area contributed by atoms with Crippen molar-refractivity contribution in [2.75, 3.05) is 26.8 Å². The highest BCUT2D eigenvalue weighted by Gasteiger charge is 2.27. The van der Waals surface area contributed by atoms with Crippen LogP contribution >= 0.6 is 11.6 Å². The van der Waals surface area contributed by atoms with Crippen molar-refractivity contribution in [2.45, 2.75) is 31.8 Å². The van der Waals surface area contributed by atoms with Crippen molar-refractivity contribution in [3.05, 3.63) is 70.2 Å². The fourth-order valence-corrected chi connectivity index (χ4v) is 3.57. The highest BCUT2D eigenvalue weighted by molar-refractivity contribution is 6.30. The molecule has 0 bridgehead atoms. The molecule has 0 fully saturated rings. The number of carbonyl (C=O) groups is 2. The summed E-state index contributed by atoms with van der Waals surface area (Å²) in [5.41, 5.74) is 4.10. The Morgan fingerprint density at radius 2 is 1.77 bits per heavy atom. The number of amides is 2. The van der Waals surface area contributed by atoms with Crippen LogP contribution in [0.25, 0.3) is 0 Å². The van der Waals surface area contributed by atoms with Gasteiger partial charge in [0.05, 0.1) is 19.1 Å². The van der Waals surface area contributed by atoms with E-state index in [4.69, 9.17) is 26.7 Å². The number of halogens is 1. The van der Waals surface area contributed by atoms with Crippen molar-refractivity contribution >= 4 is 23.4 Å². The molecule has 2 amide bonds. The van der Waals surface area contributed by atoms with Crippen molar-refractivity contribution in [3.63, 3.8) is 0 Å².